The maximum absolute atomic E-state index is 9.06. The molecule has 2 heterocycles. The molecule has 1 fully saturated rings. The molecule has 6 heteroatoms. The molecule has 1 aromatic rings. The molecule has 1 saturated heterocycles. The molecule has 2 unspecified atom stereocenters. The van der Waals surface area contributed by atoms with Gasteiger partial charge in [-0.15, -0.1) is 0 Å². The number of morpholine rings is 1. The molecule has 0 radical (unpaired) electrons. The summed E-state index contributed by atoms with van der Waals surface area (Å²) in [5, 5.41) is 12.3. The van der Waals surface area contributed by atoms with Crippen LogP contribution in [0.3, 0.4) is 0 Å². The first-order valence-electron chi connectivity index (χ1n) is 5.37. The molecule has 1 aromatic heterocycles. The Morgan fingerprint density at radius 1 is 1.71 bits per heavy atom. The molecular weight excluding hydrogens is 284 g/mol. The Balaban J connectivity index is 2.37. The van der Waals surface area contributed by atoms with Crippen LogP contribution in [-0.2, 0) is 4.74 Å². The summed E-state index contributed by atoms with van der Waals surface area (Å²) in [6.07, 6.45) is 1.39. The summed E-state index contributed by atoms with van der Waals surface area (Å²) in [5.74, 6) is 0. The normalized spacial score (nSPS) is 24.3. The zero-order chi connectivity index (χ0) is 12.3. The number of nitriles is 1. The molecule has 0 spiro atoms. The standard InChI is InChI=1S/C11H13BrN4O/c12-7-3-8(9(4-13)16-6-7)11-10(5-14)15-1-2-17-11/h3,6,10-11,15H,1-2,5,14H2. The minimum Gasteiger partial charge on any atom is -0.370 e. The maximum atomic E-state index is 9.06. The van der Waals surface area contributed by atoms with Crippen LogP contribution in [-0.4, -0.2) is 30.7 Å². The second-order valence-corrected chi connectivity index (χ2v) is 4.71. The van der Waals surface area contributed by atoms with Crippen molar-refractivity contribution in [3.8, 4) is 6.07 Å². The van der Waals surface area contributed by atoms with Gasteiger partial charge < -0.3 is 15.8 Å². The van der Waals surface area contributed by atoms with Crippen LogP contribution < -0.4 is 11.1 Å². The van der Waals surface area contributed by atoms with Gasteiger partial charge >= 0.3 is 0 Å². The summed E-state index contributed by atoms with van der Waals surface area (Å²) < 4.78 is 6.54. The second-order valence-electron chi connectivity index (χ2n) is 3.79. The largest absolute Gasteiger partial charge is 0.370 e. The van der Waals surface area contributed by atoms with Gasteiger partial charge in [0.05, 0.1) is 6.61 Å². The van der Waals surface area contributed by atoms with Gasteiger partial charge in [-0.25, -0.2) is 4.98 Å². The van der Waals surface area contributed by atoms with Gasteiger partial charge in [0.2, 0.25) is 0 Å². The first kappa shape index (κ1) is 12.5. The van der Waals surface area contributed by atoms with Gasteiger partial charge in [-0.1, -0.05) is 0 Å². The van der Waals surface area contributed by atoms with Crippen LogP contribution in [0.25, 0.3) is 0 Å². The van der Waals surface area contributed by atoms with Crippen LogP contribution in [0.5, 0.6) is 0 Å². The van der Waals surface area contributed by atoms with Crippen LogP contribution >= 0.6 is 15.9 Å². The van der Waals surface area contributed by atoms with Crippen molar-refractivity contribution in [2.45, 2.75) is 12.1 Å². The quantitative estimate of drug-likeness (QED) is 0.839. The van der Waals surface area contributed by atoms with E-state index < -0.39 is 0 Å². The van der Waals surface area contributed by atoms with Gasteiger partial charge in [-0.3, -0.25) is 0 Å². The van der Waals surface area contributed by atoms with Crippen LogP contribution in [0.1, 0.15) is 17.4 Å². The highest BCUT2D eigenvalue weighted by atomic mass is 79.9. The minimum atomic E-state index is -0.214. The highest BCUT2D eigenvalue weighted by Gasteiger charge is 2.28. The van der Waals surface area contributed by atoms with E-state index in [0.29, 0.717) is 18.8 Å². The van der Waals surface area contributed by atoms with Crippen LogP contribution in [0.2, 0.25) is 0 Å². The SMILES string of the molecule is N#Cc1ncc(Br)cc1C1OCCNC1CN. The van der Waals surface area contributed by atoms with Crippen molar-refractivity contribution < 1.29 is 4.74 Å². The molecule has 2 rings (SSSR count). The predicted molar refractivity (Wildman–Crippen MR) is 66.2 cm³/mol. The van der Waals surface area contributed by atoms with Crippen molar-refractivity contribution in [1.82, 2.24) is 10.3 Å². The molecule has 2 atom stereocenters. The number of rotatable bonds is 2. The Morgan fingerprint density at radius 2 is 2.53 bits per heavy atom. The van der Waals surface area contributed by atoms with E-state index in [0.717, 1.165) is 16.6 Å². The van der Waals surface area contributed by atoms with Gasteiger partial charge in [0.15, 0.2) is 0 Å². The number of hydrogen-bond donors (Lipinski definition) is 2. The first-order chi connectivity index (χ1) is 8.26. The van der Waals surface area contributed by atoms with Crippen LogP contribution in [0, 0.1) is 11.3 Å². The smallest absolute Gasteiger partial charge is 0.146 e. The third kappa shape index (κ3) is 2.64. The highest BCUT2D eigenvalue weighted by molar-refractivity contribution is 9.10. The second kappa shape index (κ2) is 5.56. The van der Waals surface area contributed by atoms with E-state index in [2.05, 4.69) is 32.3 Å². The van der Waals surface area contributed by atoms with Crippen molar-refractivity contribution in [2.24, 2.45) is 5.73 Å². The molecule has 90 valence electrons. The summed E-state index contributed by atoms with van der Waals surface area (Å²) in [6.45, 7) is 1.85. The Morgan fingerprint density at radius 3 is 3.24 bits per heavy atom. The molecule has 0 aliphatic carbocycles. The average Bonchev–Trinajstić information content (AvgIpc) is 2.38. The number of hydrogen-bond acceptors (Lipinski definition) is 5. The number of halogens is 1. The fraction of sp³-hybridized carbons (Fsp3) is 0.455. The van der Waals surface area contributed by atoms with Crippen molar-refractivity contribution in [2.75, 3.05) is 19.7 Å². The zero-order valence-corrected chi connectivity index (χ0v) is 10.8. The van der Waals surface area contributed by atoms with Crippen LogP contribution in [0.4, 0.5) is 0 Å². The van der Waals surface area contributed by atoms with Gasteiger partial charge in [0.25, 0.3) is 0 Å². The van der Waals surface area contributed by atoms with Gasteiger partial charge in [0, 0.05) is 35.4 Å². The fourth-order valence-electron chi connectivity index (χ4n) is 1.93. The number of pyridine rings is 1. The third-order valence-electron chi connectivity index (χ3n) is 2.72. The Labute approximate surface area is 108 Å². The van der Waals surface area contributed by atoms with Gasteiger partial charge in [-0.2, -0.15) is 5.26 Å². The lowest BCUT2D eigenvalue weighted by Crippen LogP contribution is -2.48. The number of ether oxygens (including phenoxy) is 1. The third-order valence-corrected chi connectivity index (χ3v) is 3.16. The molecule has 0 saturated carbocycles. The summed E-state index contributed by atoms with van der Waals surface area (Å²) >= 11 is 3.35. The summed E-state index contributed by atoms with van der Waals surface area (Å²) in [5.41, 5.74) is 6.87. The molecule has 3 N–H and O–H groups in total. The van der Waals surface area contributed by atoms with Gasteiger partial charge in [0.1, 0.15) is 17.9 Å². The number of nitrogens with two attached hydrogens (primary N) is 1. The van der Waals surface area contributed by atoms with E-state index in [1.807, 2.05) is 6.07 Å². The Hall–Kier alpha value is -1.00. The monoisotopic (exact) mass is 296 g/mol. The number of aromatic nitrogens is 1. The van der Waals surface area contributed by atoms with E-state index in [1.165, 1.54) is 0 Å². The fourth-order valence-corrected chi connectivity index (χ4v) is 2.28. The van der Waals surface area contributed by atoms with Crippen LogP contribution in [0.15, 0.2) is 16.7 Å². The molecule has 1 aliphatic rings. The first-order valence-corrected chi connectivity index (χ1v) is 6.16. The molecule has 5 nitrogen and oxygen atoms in total. The van der Waals surface area contributed by atoms with E-state index >= 15 is 0 Å². The number of nitrogens with one attached hydrogen (secondary N) is 1. The average molecular weight is 297 g/mol. The highest BCUT2D eigenvalue weighted by Crippen LogP contribution is 2.27. The lowest BCUT2D eigenvalue weighted by atomic mass is 9.99. The maximum Gasteiger partial charge on any atom is 0.146 e. The van der Waals surface area contributed by atoms with E-state index in [-0.39, 0.29) is 12.1 Å². The molecular formula is C11H13BrN4O. The number of nitrogens with zero attached hydrogens (tertiary/aromatic N) is 2. The van der Waals surface area contributed by atoms with Crippen molar-refractivity contribution in [1.29, 1.82) is 5.26 Å². The van der Waals surface area contributed by atoms with Crippen molar-refractivity contribution in [3.05, 3.63) is 28.0 Å². The minimum absolute atomic E-state index is 0.0203. The van der Waals surface area contributed by atoms with Gasteiger partial charge in [-0.05, 0) is 22.0 Å². The molecule has 17 heavy (non-hydrogen) atoms. The Kier molecular flexibility index (Phi) is 4.07. The molecule has 0 aromatic carbocycles. The molecule has 1 aliphatic heterocycles. The molecule has 0 bridgehead atoms. The van der Waals surface area contributed by atoms with Crippen molar-refractivity contribution in [3.63, 3.8) is 0 Å². The predicted octanol–water partition coefficient (Wildman–Crippen LogP) is 0.704. The van der Waals surface area contributed by atoms with E-state index in [1.54, 1.807) is 6.20 Å². The summed E-state index contributed by atoms with van der Waals surface area (Å²) in [6, 6.07) is 3.97. The summed E-state index contributed by atoms with van der Waals surface area (Å²) in [4.78, 5) is 4.08. The summed E-state index contributed by atoms with van der Waals surface area (Å²) in [7, 11) is 0. The lowest BCUT2D eigenvalue weighted by molar-refractivity contribution is -0.00326. The topological polar surface area (TPSA) is 84.0 Å². The van der Waals surface area contributed by atoms with E-state index in [9.17, 15) is 0 Å². The zero-order valence-electron chi connectivity index (χ0n) is 9.19. The van der Waals surface area contributed by atoms with E-state index in [4.69, 9.17) is 15.7 Å². The lowest BCUT2D eigenvalue weighted by Gasteiger charge is -2.32. The van der Waals surface area contributed by atoms with Crippen molar-refractivity contribution >= 4 is 15.9 Å². The Bertz CT molecular complexity index is 446. The molecule has 0 amide bonds.